The Labute approximate surface area is 662 Å². The van der Waals surface area contributed by atoms with Gasteiger partial charge < -0.3 is 138 Å². The fourth-order valence-corrected chi connectivity index (χ4v) is 17.1. The highest BCUT2D eigenvalue weighted by molar-refractivity contribution is 6.35. The van der Waals surface area contributed by atoms with Crippen LogP contribution in [0.4, 0.5) is 0 Å². The number of carbonyl (C=O) groups excluding carboxylic acids is 2. The molecule has 30 nitrogen and oxygen atoms in total. The number of carbonyl (C=O) groups is 2. The van der Waals surface area contributed by atoms with Gasteiger partial charge in [-0.05, 0) is 189 Å². The Morgan fingerprint density at radius 1 is 0.627 bits per heavy atom. The minimum absolute atomic E-state index is 0. The number of likely N-dealkylation sites (N-methyl/N-ethyl adjacent to an activating group) is 3. The average Bonchev–Trinajstić information content (AvgIpc) is 1.11. The molecule has 0 aromatic heterocycles. The smallest absolute Gasteiger partial charge is 0.402 e. The molecule has 0 aromatic rings. The van der Waals surface area contributed by atoms with E-state index in [9.17, 15) is 65.7 Å². The van der Waals surface area contributed by atoms with E-state index in [-0.39, 0.29) is 94.7 Å². The summed E-state index contributed by atoms with van der Waals surface area (Å²) in [5.74, 6) is -3.23. The van der Waals surface area contributed by atoms with Crippen LogP contribution in [-0.4, -0.2) is 345 Å². The molecule has 31 heteroatoms. The zero-order valence-corrected chi connectivity index (χ0v) is 71.9. The Balaban J connectivity index is 0.00000107. The van der Waals surface area contributed by atoms with Gasteiger partial charge in [-0.1, -0.05) is 62.8 Å². The molecule has 110 heavy (non-hydrogen) atoms. The first-order chi connectivity index (χ1) is 50.2. The fraction of sp³-hybridized carbons (Fsp3) is 0.975. The average molecular weight is 1590 g/mol. The van der Waals surface area contributed by atoms with E-state index in [0.717, 1.165) is 7.11 Å². The summed E-state index contributed by atoms with van der Waals surface area (Å²) in [5, 5.41) is 133. The Kier molecular flexibility index (Phi) is 42.1. The van der Waals surface area contributed by atoms with Crippen molar-refractivity contribution in [3.63, 3.8) is 0 Å². The molecule has 0 radical (unpaired) electrons. The fourth-order valence-electron chi connectivity index (χ4n) is 17.1. The SMILES string of the molecule is C.CC[C@@H](O)[C@@](C)(O)[C@H](O)[C@@H](C)NC[C@H](C)C[C@@](C)(O)[C@H](OC1O[C@H](C)C[C@H](N(C)C)[C@H]1O)[C@@H](C)[C@H](OC1C[C@@](C)(OC)[C@@H](O)[C@H](C)O1)[C@@H](C)C(C)=O.CC[C@@H](O)[C@@]1(C)OB(O)O[C@@H]1[C@@H](C)N(C)C[C@H](C)C[C@@](C)(O)[C@H](OC1O[C@H](C)C[C@H](N(C)C)[C@H]1O)[C@@H](C)[C@H](OC1C[C@@](C)(OC)[C@@H](O)[C@H](C)O1)[C@@H](C)C(C)=O.CO.[H+]. The molecule has 0 spiro atoms. The second-order valence-electron chi connectivity index (χ2n) is 34.7. The van der Waals surface area contributed by atoms with Gasteiger partial charge in [0, 0.05) is 88.6 Å². The van der Waals surface area contributed by atoms with E-state index in [1.165, 1.54) is 35.0 Å². The van der Waals surface area contributed by atoms with Gasteiger partial charge in [-0.15, -0.1) is 0 Å². The summed E-state index contributed by atoms with van der Waals surface area (Å²) < 4.78 is 74.1. The van der Waals surface area contributed by atoms with E-state index in [1.807, 2.05) is 100 Å². The lowest BCUT2D eigenvalue weighted by Gasteiger charge is -2.49. The van der Waals surface area contributed by atoms with Crippen molar-refractivity contribution in [3.05, 3.63) is 0 Å². The molecule has 0 bridgehead atoms. The van der Waals surface area contributed by atoms with Crippen LogP contribution in [0, 0.1) is 35.5 Å². The molecule has 5 heterocycles. The molecule has 652 valence electrons. The Morgan fingerprint density at radius 3 is 1.35 bits per heavy atom. The maximum atomic E-state index is 13.1. The summed E-state index contributed by atoms with van der Waals surface area (Å²) in [6.45, 7) is 39.6. The first kappa shape index (κ1) is 104. The molecular formula is C79H158BN4O26+. The second-order valence-corrected chi connectivity index (χ2v) is 34.7. The van der Waals surface area contributed by atoms with Crippen LogP contribution in [0.15, 0.2) is 0 Å². The first-order valence-electron chi connectivity index (χ1n) is 39.7. The molecule has 0 aromatic carbocycles. The number of nitrogens with one attached hydrogen (secondary N) is 1. The highest BCUT2D eigenvalue weighted by Crippen LogP contribution is 2.43. The number of ketones is 2. The highest BCUT2D eigenvalue weighted by atomic mass is 16.7. The molecule has 36 atom stereocenters. The van der Waals surface area contributed by atoms with E-state index in [0.29, 0.717) is 32.4 Å². The third-order valence-corrected chi connectivity index (χ3v) is 24.6. The summed E-state index contributed by atoms with van der Waals surface area (Å²) in [5.41, 5.74) is -7.91. The van der Waals surface area contributed by atoms with Crippen LogP contribution >= 0.6 is 0 Å². The largest absolute Gasteiger partial charge is 1.00 e. The van der Waals surface area contributed by atoms with Gasteiger partial charge >= 0.3 is 8.75 Å². The molecule has 5 fully saturated rings. The molecule has 0 aliphatic carbocycles. The van der Waals surface area contributed by atoms with Gasteiger partial charge in [-0.2, -0.15) is 0 Å². The van der Waals surface area contributed by atoms with Crippen molar-refractivity contribution in [2.75, 3.05) is 69.7 Å². The van der Waals surface area contributed by atoms with Gasteiger partial charge in [-0.25, -0.2) is 0 Å². The Hall–Kier alpha value is -1.72. The van der Waals surface area contributed by atoms with Crippen molar-refractivity contribution in [1.29, 1.82) is 0 Å². The van der Waals surface area contributed by atoms with Crippen LogP contribution < -0.4 is 5.32 Å². The molecule has 0 saturated carbocycles. The van der Waals surface area contributed by atoms with E-state index in [2.05, 4.69) is 10.2 Å². The van der Waals surface area contributed by atoms with Crippen molar-refractivity contribution in [1.82, 2.24) is 20.0 Å². The third-order valence-electron chi connectivity index (χ3n) is 24.6. The van der Waals surface area contributed by atoms with Crippen LogP contribution in [0.1, 0.15) is 213 Å². The Bertz CT molecular complexity index is 2670. The number of methoxy groups -OCH3 is 2. The lowest BCUT2D eigenvalue weighted by atomic mass is 9.77. The first-order valence-corrected chi connectivity index (χ1v) is 39.7. The molecule has 5 aliphatic heterocycles. The van der Waals surface area contributed by atoms with E-state index >= 15 is 0 Å². The molecule has 5 saturated heterocycles. The lowest BCUT2D eigenvalue weighted by Crippen LogP contribution is -2.60. The van der Waals surface area contributed by atoms with Gasteiger partial charge in [0.25, 0.3) is 0 Å². The van der Waals surface area contributed by atoms with E-state index in [4.69, 9.17) is 61.8 Å². The maximum Gasteiger partial charge on any atom is 1.00 e. The summed E-state index contributed by atoms with van der Waals surface area (Å²) in [7, 11) is 12.0. The number of nitrogens with zero attached hydrogens (tertiary/aromatic N) is 3. The van der Waals surface area contributed by atoms with Crippen molar-refractivity contribution >= 4 is 18.9 Å². The molecule has 4 unspecified atom stereocenters. The summed E-state index contributed by atoms with van der Waals surface area (Å²) in [6.07, 6.45) is -14.4. The quantitative estimate of drug-likeness (QED) is 0.0388. The van der Waals surface area contributed by atoms with Gasteiger partial charge in [-0.3, -0.25) is 9.59 Å². The van der Waals surface area contributed by atoms with E-state index < -0.39 is 181 Å². The van der Waals surface area contributed by atoms with Crippen molar-refractivity contribution < 1.29 is 129 Å². The van der Waals surface area contributed by atoms with Gasteiger partial charge in [0.2, 0.25) is 0 Å². The summed E-state index contributed by atoms with van der Waals surface area (Å²) in [6, 6.07) is -1.42. The number of aliphatic hydroxyl groups is 11. The minimum Gasteiger partial charge on any atom is -0.402 e. The highest BCUT2D eigenvalue weighted by Gasteiger charge is 2.57. The predicted molar refractivity (Wildman–Crippen MR) is 419 cm³/mol. The number of ether oxygens (including phenoxy) is 10. The third kappa shape index (κ3) is 26.6. The van der Waals surface area contributed by atoms with Crippen LogP contribution in [0.2, 0.25) is 0 Å². The Morgan fingerprint density at radius 2 is 1.01 bits per heavy atom. The second kappa shape index (κ2) is 44.4. The summed E-state index contributed by atoms with van der Waals surface area (Å²) in [4.78, 5) is 32.0. The van der Waals surface area contributed by atoms with Gasteiger partial charge in [0.05, 0.1) is 95.7 Å². The van der Waals surface area contributed by atoms with Crippen molar-refractivity contribution in [2.24, 2.45) is 35.5 Å². The minimum atomic E-state index is -1.73. The molecular weight excluding hydrogens is 1430 g/mol. The van der Waals surface area contributed by atoms with Crippen LogP contribution in [0.25, 0.3) is 0 Å². The summed E-state index contributed by atoms with van der Waals surface area (Å²) >= 11 is 0. The van der Waals surface area contributed by atoms with Gasteiger partial charge in [0.1, 0.15) is 47.2 Å². The monoisotopic (exact) mass is 1590 g/mol. The van der Waals surface area contributed by atoms with Gasteiger partial charge in [0.15, 0.2) is 25.2 Å². The number of rotatable bonds is 39. The van der Waals surface area contributed by atoms with Crippen LogP contribution in [0.3, 0.4) is 0 Å². The van der Waals surface area contributed by atoms with Crippen LogP contribution in [0.5, 0.6) is 0 Å². The van der Waals surface area contributed by atoms with E-state index in [1.54, 1.807) is 76.2 Å². The van der Waals surface area contributed by atoms with Crippen LogP contribution in [-0.2, 0) is 66.3 Å². The molecule has 0 amide bonds. The number of hydrogen-bond acceptors (Lipinski definition) is 30. The molecule has 13 N–H and O–H groups in total. The predicted octanol–water partition coefficient (Wildman–Crippen LogP) is 3.90. The number of Topliss-reactive ketones (excluding diaryl/α,β-unsaturated/α-hetero) is 2. The number of hydrogen-bond donors (Lipinski definition) is 13. The zero-order chi connectivity index (χ0) is 84.0. The molecule has 5 aliphatic rings. The number of aliphatic hydroxyl groups excluding tert-OH is 8. The van der Waals surface area contributed by atoms with Crippen molar-refractivity contribution in [2.45, 2.75) is 392 Å². The molecule has 5 rings (SSSR count). The van der Waals surface area contributed by atoms with Crippen molar-refractivity contribution in [3.8, 4) is 0 Å². The lowest BCUT2D eigenvalue weighted by molar-refractivity contribution is -0.317. The topological polar surface area (TPSA) is 409 Å². The normalized spacial score (nSPS) is 36.1. The zero-order valence-electron chi connectivity index (χ0n) is 72.9. The maximum absolute atomic E-state index is 13.1. The standard InChI is InChI=1S/C39H75BN2O13.C38H74N2O12.CH4O.CH4/c1-16-29(44)39(11)35(54-40(48)55-39)25(6)42(14)20-21(2)18-37(9,47)34(53-36-31(45)28(41(12)13)17-22(3)50-36)24(5)32(23(4)26(7)43)52-30-19-38(10,49-15)33(46)27(8)51-30;1-15-28(42)38(11,47)32(44)24(6)39-19-20(2)17-36(9,46)34(52-35-30(43)27(40(12)13)16-21(3)49-35)23(5)31(22(4)25(7)41)51-29-18-37(10,48-14)33(45)26(8)50-29;1-2;/h21-25,27-36,44-48H,16-20H2,1-15H3;20-24,26-35,39,42-47H,15-19H2,1-14H3;2H,1H3;1H4/p+1/t21-,22-,23+,24+,25-,27+,28+,29-,30?,31-,32-,33+,34-,35-,36?,37-,38-,39-;20-,21-,22+,23+,24-,26+,27+,28-,29?,30-,31-,32-,33+,34-,35?,36-,37-,38-;;/m11../s1.